The van der Waals surface area contributed by atoms with Crippen molar-refractivity contribution < 1.29 is 4.42 Å². The van der Waals surface area contributed by atoms with Crippen LogP contribution in [-0.4, -0.2) is 4.98 Å². The molecule has 2 heteroatoms. The minimum atomic E-state index is 0.729. The Labute approximate surface area is 96.3 Å². The molecule has 0 aliphatic heterocycles. The molecule has 2 rings (SSSR count). The Kier molecular flexibility index (Phi) is 3.76. The van der Waals surface area contributed by atoms with Gasteiger partial charge >= 0.3 is 0 Å². The van der Waals surface area contributed by atoms with Crippen molar-refractivity contribution in [1.82, 2.24) is 4.98 Å². The van der Waals surface area contributed by atoms with Gasteiger partial charge in [0.15, 0.2) is 0 Å². The van der Waals surface area contributed by atoms with Gasteiger partial charge in [0.05, 0.1) is 5.69 Å². The molecule has 0 aliphatic rings. The lowest BCUT2D eigenvalue weighted by Crippen LogP contribution is -1.85. The third kappa shape index (κ3) is 2.72. The normalized spacial score (nSPS) is 10.6. The fourth-order valence-electron chi connectivity index (χ4n) is 1.69. The summed E-state index contributed by atoms with van der Waals surface area (Å²) in [7, 11) is 0. The third-order valence-electron chi connectivity index (χ3n) is 2.61. The fraction of sp³-hybridized carbons (Fsp3) is 0.357. The van der Waals surface area contributed by atoms with Crippen molar-refractivity contribution >= 4 is 0 Å². The van der Waals surface area contributed by atoms with Gasteiger partial charge in [0.25, 0.3) is 0 Å². The molecule has 0 bridgehead atoms. The van der Waals surface area contributed by atoms with Crippen LogP contribution in [0.3, 0.4) is 0 Å². The van der Waals surface area contributed by atoms with Crippen LogP contribution in [0.5, 0.6) is 0 Å². The van der Waals surface area contributed by atoms with Crippen molar-refractivity contribution in [2.24, 2.45) is 0 Å². The molecular formula is C14H17NO. The molecule has 0 atom stereocenters. The number of unbranched alkanes of at least 4 members (excludes halogenated alkanes) is 2. The van der Waals surface area contributed by atoms with Gasteiger partial charge in [-0.15, -0.1) is 0 Å². The Morgan fingerprint density at radius 3 is 2.69 bits per heavy atom. The first-order valence-corrected chi connectivity index (χ1v) is 5.90. The molecule has 1 heterocycles. The Balaban J connectivity index is 2.02. The van der Waals surface area contributed by atoms with Crippen LogP contribution in [0.15, 0.2) is 41.0 Å². The molecule has 0 spiro atoms. The van der Waals surface area contributed by atoms with E-state index in [1.165, 1.54) is 19.3 Å². The largest absolute Gasteiger partial charge is 0.444 e. The van der Waals surface area contributed by atoms with Gasteiger partial charge in [-0.25, -0.2) is 4.98 Å². The number of hydrogen-bond acceptors (Lipinski definition) is 2. The molecule has 84 valence electrons. The average Bonchev–Trinajstić information content (AvgIpc) is 2.79. The summed E-state index contributed by atoms with van der Waals surface area (Å²) >= 11 is 0. The van der Waals surface area contributed by atoms with Gasteiger partial charge in [-0.1, -0.05) is 38.0 Å². The standard InChI is InChI=1S/C14H17NO/c1-2-3-5-10-13-11-16-14(15-13)12-8-6-4-7-9-12/h4,6-9,11H,2-3,5,10H2,1H3. The first-order chi connectivity index (χ1) is 7.90. The molecule has 1 aromatic heterocycles. The highest BCUT2D eigenvalue weighted by Crippen LogP contribution is 2.18. The smallest absolute Gasteiger partial charge is 0.226 e. The summed E-state index contributed by atoms with van der Waals surface area (Å²) in [5.41, 5.74) is 2.11. The summed E-state index contributed by atoms with van der Waals surface area (Å²) in [5, 5.41) is 0. The van der Waals surface area contributed by atoms with Crippen LogP contribution in [0, 0.1) is 0 Å². The van der Waals surface area contributed by atoms with Crippen LogP contribution >= 0.6 is 0 Å². The number of hydrogen-bond donors (Lipinski definition) is 0. The molecule has 0 aliphatic carbocycles. The summed E-state index contributed by atoms with van der Waals surface area (Å²) in [6.07, 6.45) is 6.48. The van der Waals surface area contributed by atoms with E-state index in [1.807, 2.05) is 30.3 Å². The van der Waals surface area contributed by atoms with Crippen molar-refractivity contribution in [3.8, 4) is 11.5 Å². The lowest BCUT2D eigenvalue weighted by molar-refractivity contribution is 0.571. The van der Waals surface area contributed by atoms with Crippen LogP contribution in [0.4, 0.5) is 0 Å². The van der Waals surface area contributed by atoms with Crippen molar-refractivity contribution in [2.75, 3.05) is 0 Å². The van der Waals surface area contributed by atoms with Crippen LogP contribution in [-0.2, 0) is 6.42 Å². The van der Waals surface area contributed by atoms with E-state index in [-0.39, 0.29) is 0 Å². The minimum absolute atomic E-state index is 0.729. The minimum Gasteiger partial charge on any atom is -0.444 e. The van der Waals surface area contributed by atoms with Gasteiger partial charge in [0.1, 0.15) is 6.26 Å². The first kappa shape index (κ1) is 10.9. The Morgan fingerprint density at radius 2 is 1.94 bits per heavy atom. The maximum atomic E-state index is 5.47. The van der Waals surface area contributed by atoms with Gasteiger partial charge < -0.3 is 4.42 Å². The number of aromatic nitrogens is 1. The van der Waals surface area contributed by atoms with E-state index < -0.39 is 0 Å². The predicted molar refractivity (Wildman–Crippen MR) is 65.2 cm³/mol. The van der Waals surface area contributed by atoms with Gasteiger partial charge in [0, 0.05) is 5.56 Å². The van der Waals surface area contributed by atoms with Crippen LogP contribution in [0.2, 0.25) is 0 Å². The van der Waals surface area contributed by atoms with Gasteiger partial charge in [-0.3, -0.25) is 0 Å². The van der Waals surface area contributed by atoms with Gasteiger partial charge in [0.2, 0.25) is 5.89 Å². The zero-order valence-corrected chi connectivity index (χ0v) is 9.65. The van der Waals surface area contributed by atoms with E-state index in [9.17, 15) is 0 Å². The van der Waals surface area contributed by atoms with Crippen molar-refractivity contribution in [1.29, 1.82) is 0 Å². The molecule has 0 N–H and O–H groups in total. The second kappa shape index (κ2) is 5.50. The van der Waals surface area contributed by atoms with Crippen molar-refractivity contribution in [3.63, 3.8) is 0 Å². The molecule has 16 heavy (non-hydrogen) atoms. The maximum absolute atomic E-state index is 5.47. The molecule has 0 saturated carbocycles. The number of benzene rings is 1. The molecule has 0 saturated heterocycles. The topological polar surface area (TPSA) is 26.0 Å². The average molecular weight is 215 g/mol. The van der Waals surface area contributed by atoms with Crippen LogP contribution in [0.25, 0.3) is 11.5 Å². The predicted octanol–water partition coefficient (Wildman–Crippen LogP) is 4.07. The Morgan fingerprint density at radius 1 is 1.12 bits per heavy atom. The molecule has 0 radical (unpaired) electrons. The summed E-state index contributed by atoms with van der Waals surface area (Å²) < 4.78 is 5.47. The molecule has 2 aromatic rings. The number of aryl methyl sites for hydroxylation is 1. The van der Waals surface area contributed by atoms with Gasteiger partial charge in [-0.05, 0) is 25.0 Å². The van der Waals surface area contributed by atoms with E-state index in [1.54, 1.807) is 6.26 Å². The van der Waals surface area contributed by atoms with Crippen molar-refractivity contribution in [3.05, 3.63) is 42.3 Å². The zero-order valence-electron chi connectivity index (χ0n) is 9.65. The van der Waals surface area contributed by atoms with Crippen molar-refractivity contribution in [2.45, 2.75) is 32.6 Å². The zero-order chi connectivity index (χ0) is 11.2. The third-order valence-corrected chi connectivity index (χ3v) is 2.61. The molecule has 2 nitrogen and oxygen atoms in total. The number of rotatable bonds is 5. The Bertz CT molecular complexity index is 419. The summed E-state index contributed by atoms with van der Waals surface area (Å²) in [6.45, 7) is 2.21. The summed E-state index contributed by atoms with van der Waals surface area (Å²) in [5.74, 6) is 0.729. The van der Waals surface area contributed by atoms with E-state index >= 15 is 0 Å². The SMILES string of the molecule is CCCCCc1coc(-c2ccccc2)n1. The molecule has 0 fully saturated rings. The highest BCUT2D eigenvalue weighted by Gasteiger charge is 2.05. The fourth-order valence-corrected chi connectivity index (χ4v) is 1.69. The van der Waals surface area contributed by atoms with Gasteiger partial charge in [-0.2, -0.15) is 0 Å². The summed E-state index contributed by atoms with van der Waals surface area (Å²) in [4.78, 5) is 4.49. The lowest BCUT2D eigenvalue weighted by Gasteiger charge is -1.94. The van der Waals surface area contributed by atoms with E-state index in [0.29, 0.717) is 0 Å². The Hall–Kier alpha value is -1.57. The van der Waals surface area contributed by atoms with Crippen LogP contribution < -0.4 is 0 Å². The maximum Gasteiger partial charge on any atom is 0.226 e. The molecular weight excluding hydrogens is 198 g/mol. The first-order valence-electron chi connectivity index (χ1n) is 5.90. The monoisotopic (exact) mass is 215 g/mol. The number of nitrogens with zero attached hydrogens (tertiary/aromatic N) is 1. The van der Waals surface area contributed by atoms with E-state index in [2.05, 4.69) is 11.9 Å². The molecule has 0 unspecified atom stereocenters. The highest BCUT2D eigenvalue weighted by atomic mass is 16.3. The van der Waals surface area contributed by atoms with E-state index in [0.717, 1.165) is 23.6 Å². The number of oxazole rings is 1. The second-order valence-corrected chi connectivity index (χ2v) is 3.97. The lowest BCUT2D eigenvalue weighted by atomic mass is 10.2. The van der Waals surface area contributed by atoms with E-state index in [4.69, 9.17) is 4.42 Å². The highest BCUT2D eigenvalue weighted by molar-refractivity contribution is 5.52. The second-order valence-electron chi connectivity index (χ2n) is 3.97. The summed E-state index contributed by atoms with van der Waals surface area (Å²) in [6, 6.07) is 10.0. The quantitative estimate of drug-likeness (QED) is 0.702. The van der Waals surface area contributed by atoms with Crippen LogP contribution in [0.1, 0.15) is 31.9 Å². The molecule has 0 amide bonds. The molecule has 1 aromatic carbocycles.